The van der Waals surface area contributed by atoms with Gasteiger partial charge in [0.15, 0.2) is 0 Å². The number of carbonyl (C=O) groups is 2. The lowest BCUT2D eigenvalue weighted by molar-refractivity contribution is -0.137. The number of carbonyl (C=O) groups excluding carboxylic acids is 2. The zero-order valence-electron chi connectivity index (χ0n) is 14.1. The van der Waals surface area contributed by atoms with Crippen LogP contribution in [0.25, 0.3) is 0 Å². The molecule has 2 aromatic rings. The smallest absolute Gasteiger partial charge is 0.338 e. The van der Waals surface area contributed by atoms with Crippen LogP contribution in [0, 0.1) is 0 Å². The Bertz CT molecular complexity index is 764. The summed E-state index contributed by atoms with van der Waals surface area (Å²) in [7, 11) is 0. The molecule has 26 heavy (non-hydrogen) atoms. The third-order valence-corrected chi connectivity index (χ3v) is 3.68. The van der Waals surface area contributed by atoms with E-state index < -0.39 is 17.6 Å². The number of hydrogen-bond acceptors (Lipinski definition) is 3. The topological polar surface area (TPSA) is 62.3 Å². The molecule has 138 valence electrons. The van der Waals surface area contributed by atoms with Gasteiger partial charge in [-0.2, -0.15) is 13.2 Å². The molecule has 0 spiro atoms. The van der Waals surface area contributed by atoms with Gasteiger partial charge < -0.3 is 10.2 Å². The number of rotatable bonds is 6. The minimum absolute atomic E-state index is 0.0949. The molecule has 0 aliphatic heterocycles. The molecule has 1 N–H and O–H groups in total. The van der Waals surface area contributed by atoms with E-state index in [0.717, 1.165) is 11.6 Å². The Kier molecular flexibility index (Phi) is 6.32. The zero-order chi connectivity index (χ0) is 19.2. The van der Waals surface area contributed by atoms with Crippen LogP contribution < -0.4 is 5.32 Å². The van der Waals surface area contributed by atoms with Gasteiger partial charge in [0.2, 0.25) is 11.8 Å². The maximum absolute atomic E-state index is 13.0. The Morgan fingerprint density at radius 2 is 1.77 bits per heavy atom. The summed E-state index contributed by atoms with van der Waals surface area (Å²) in [5, 5.41) is 2.27. The summed E-state index contributed by atoms with van der Waals surface area (Å²) < 4.78 is 38.9. The Labute approximate surface area is 148 Å². The van der Waals surface area contributed by atoms with Gasteiger partial charge >= 0.3 is 6.18 Å². The third-order valence-electron chi connectivity index (χ3n) is 3.68. The van der Waals surface area contributed by atoms with Crippen molar-refractivity contribution in [2.75, 3.05) is 11.9 Å². The molecule has 5 nitrogen and oxygen atoms in total. The van der Waals surface area contributed by atoms with Gasteiger partial charge in [0.25, 0.3) is 0 Å². The van der Waals surface area contributed by atoms with Crippen molar-refractivity contribution in [2.45, 2.75) is 26.1 Å². The van der Waals surface area contributed by atoms with Crippen molar-refractivity contribution in [3.8, 4) is 0 Å². The van der Waals surface area contributed by atoms with Gasteiger partial charge in [-0.1, -0.05) is 12.1 Å². The number of alkyl halides is 3. The first-order valence-electron chi connectivity index (χ1n) is 7.88. The van der Waals surface area contributed by atoms with Crippen LogP contribution in [0.2, 0.25) is 0 Å². The molecule has 2 rings (SSSR count). The Morgan fingerprint density at radius 1 is 1.12 bits per heavy atom. The van der Waals surface area contributed by atoms with Crippen LogP contribution in [0.5, 0.6) is 0 Å². The summed E-state index contributed by atoms with van der Waals surface area (Å²) in [6, 6.07) is 8.26. The second-order valence-electron chi connectivity index (χ2n) is 5.64. The average molecular weight is 365 g/mol. The SMILES string of the molecule is CC(=O)N(CCC(=O)Nc1ccccc1C(F)(F)F)Cc1ccncc1. The largest absolute Gasteiger partial charge is 0.418 e. The molecule has 1 heterocycles. The predicted octanol–water partition coefficient (Wildman–Crippen LogP) is 3.48. The fraction of sp³-hybridized carbons (Fsp3) is 0.278. The molecule has 0 unspecified atom stereocenters. The van der Waals surface area contributed by atoms with Crippen LogP contribution in [-0.4, -0.2) is 28.2 Å². The van der Waals surface area contributed by atoms with Gasteiger partial charge in [-0.25, -0.2) is 0 Å². The molecule has 0 fully saturated rings. The van der Waals surface area contributed by atoms with E-state index in [4.69, 9.17) is 0 Å². The van der Waals surface area contributed by atoms with E-state index in [1.54, 1.807) is 24.5 Å². The Balaban J connectivity index is 1.98. The van der Waals surface area contributed by atoms with Crippen molar-refractivity contribution in [2.24, 2.45) is 0 Å². The standard InChI is InChI=1S/C18H18F3N3O2/c1-13(25)24(12-14-6-9-22-10-7-14)11-8-17(26)23-16-5-3-2-4-15(16)18(19,20)21/h2-7,9-10H,8,11-12H2,1H3,(H,23,26). The number of hydrogen-bond donors (Lipinski definition) is 1. The normalized spacial score (nSPS) is 11.1. The first-order valence-corrected chi connectivity index (χ1v) is 7.88. The molecule has 1 aromatic heterocycles. The fourth-order valence-corrected chi connectivity index (χ4v) is 2.34. The molecular formula is C18H18F3N3O2. The van der Waals surface area contributed by atoms with Crippen molar-refractivity contribution in [1.82, 2.24) is 9.88 Å². The summed E-state index contributed by atoms with van der Waals surface area (Å²) in [6.45, 7) is 1.76. The maximum atomic E-state index is 13.0. The Hall–Kier alpha value is -2.90. The highest BCUT2D eigenvalue weighted by Crippen LogP contribution is 2.34. The predicted molar refractivity (Wildman–Crippen MR) is 90.0 cm³/mol. The highest BCUT2D eigenvalue weighted by molar-refractivity contribution is 5.92. The van der Waals surface area contributed by atoms with Crippen molar-refractivity contribution in [3.63, 3.8) is 0 Å². The van der Waals surface area contributed by atoms with Crippen LogP contribution in [0.3, 0.4) is 0 Å². The summed E-state index contributed by atoms with van der Waals surface area (Å²) in [5.74, 6) is -0.826. The summed E-state index contributed by atoms with van der Waals surface area (Å²) >= 11 is 0. The quantitative estimate of drug-likeness (QED) is 0.853. The highest BCUT2D eigenvalue weighted by Gasteiger charge is 2.33. The molecule has 0 aliphatic rings. The lowest BCUT2D eigenvalue weighted by atomic mass is 10.1. The molecule has 0 atom stereocenters. The molecule has 2 amide bonds. The molecular weight excluding hydrogens is 347 g/mol. The first kappa shape index (κ1) is 19.4. The number of halogens is 3. The fourth-order valence-electron chi connectivity index (χ4n) is 2.34. The number of aromatic nitrogens is 1. The molecule has 0 saturated heterocycles. The molecule has 0 aliphatic carbocycles. The van der Waals surface area contributed by atoms with E-state index in [-0.39, 0.29) is 24.6 Å². The van der Waals surface area contributed by atoms with Crippen molar-refractivity contribution in [1.29, 1.82) is 0 Å². The van der Waals surface area contributed by atoms with Gasteiger partial charge in [-0.15, -0.1) is 0 Å². The first-order chi connectivity index (χ1) is 12.3. The number of anilines is 1. The van der Waals surface area contributed by atoms with Crippen molar-refractivity contribution in [3.05, 3.63) is 59.9 Å². The van der Waals surface area contributed by atoms with Crippen LogP contribution in [0.1, 0.15) is 24.5 Å². The summed E-state index contributed by atoms with van der Waals surface area (Å²) in [4.78, 5) is 29.1. The van der Waals surface area contributed by atoms with Gasteiger partial charge in [-0.05, 0) is 29.8 Å². The molecule has 0 bridgehead atoms. The van der Waals surface area contributed by atoms with Gasteiger partial charge in [0.1, 0.15) is 0 Å². The summed E-state index contributed by atoms with van der Waals surface area (Å²) in [5.41, 5.74) is -0.361. The molecule has 1 aromatic carbocycles. The molecule has 0 saturated carbocycles. The minimum Gasteiger partial charge on any atom is -0.338 e. The van der Waals surface area contributed by atoms with Crippen LogP contribution in [-0.2, 0) is 22.3 Å². The minimum atomic E-state index is -4.56. The number of para-hydroxylation sites is 1. The van der Waals surface area contributed by atoms with E-state index in [2.05, 4.69) is 10.3 Å². The van der Waals surface area contributed by atoms with Gasteiger partial charge in [-0.3, -0.25) is 14.6 Å². The lowest BCUT2D eigenvalue weighted by Gasteiger charge is -2.21. The monoisotopic (exact) mass is 365 g/mol. The second kappa shape index (κ2) is 8.46. The average Bonchev–Trinajstić information content (AvgIpc) is 2.58. The molecule has 8 heteroatoms. The van der Waals surface area contributed by atoms with Crippen molar-refractivity contribution >= 4 is 17.5 Å². The summed E-state index contributed by atoms with van der Waals surface area (Å²) in [6.07, 6.45) is -1.49. The van der Waals surface area contributed by atoms with E-state index >= 15 is 0 Å². The van der Waals surface area contributed by atoms with Crippen molar-refractivity contribution < 1.29 is 22.8 Å². The van der Waals surface area contributed by atoms with E-state index in [0.29, 0.717) is 6.54 Å². The second-order valence-corrected chi connectivity index (χ2v) is 5.64. The van der Waals surface area contributed by atoms with Crippen LogP contribution in [0.4, 0.5) is 18.9 Å². The van der Waals surface area contributed by atoms with Gasteiger partial charge in [0.05, 0.1) is 11.3 Å². The zero-order valence-corrected chi connectivity index (χ0v) is 14.1. The number of pyridine rings is 1. The maximum Gasteiger partial charge on any atom is 0.418 e. The number of amides is 2. The number of nitrogens with zero attached hydrogens (tertiary/aromatic N) is 2. The number of benzene rings is 1. The third kappa shape index (κ3) is 5.58. The van der Waals surface area contributed by atoms with E-state index in [1.807, 2.05) is 0 Å². The van der Waals surface area contributed by atoms with E-state index in [9.17, 15) is 22.8 Å². The van der Waals surface area contributed by atoms with E-state index in [1.165, 1.54) is 30.0 Å². The Morgan fingerprint density at radius 3 is 2.38 bits per heavy atom. The van der Waals surface area contributed by atoms with Crippen LogP contribution >= 0.6 is 0 Å². The van der Waals surface area contributed by atoms with Gasteiger partial charge in [0, 0.05) is 38.8 Å². The molecule has 0 radical (unpaired) electrons. The highest BCUT2D eigenvalue weighted by atomic mass is 19.4. The lowest BCUT2D eigenvalue weighted by Crippen LogP contribution is -2.31. The van der Waals surface area contributed by atoms with Crippen LogP contribution in [0.15, 0.2) is 48.8 Å². The number of nitrogens with one attached hydrogen (secondary N) is 1.